The number of urea groups is 1. The van der Waals surface area contributed by atoms with E-state index in [1.54, 1.807) is 12.1 Å². The second kappa shape index (κ2) is 5.61. The van der Waals surface area contributed by atoms with Crippen LogP contribution in [0.15, 0.2) is 16.6 Å². The molecule has 7 heteroatoms. The van der Waals surface area contributed by atoms with Gasteiger partial charge in [0.15, 0.2) is 0 Å². The molecule has 2 rings (SSSR count). The highest BCUT2D eigenvalue weighted by molar-refractivity contribution is 9.10. The second-order valence-corrected chi connectivity index (χ2v) is 6.16. The van der Waals surface area contributed by atoms with Crippen LogP contribution in [0.5, 0.6) is 0 Å². The zero-order valence-corrected chi connectivity index (χ0v) is 13.1. The first-order valence-corrected chi connectivity index (χ1v) is 7.29. The van der Waals surface area contributed by atoms with Gasteiger partial charge in [0, 0.05) is 9.50 Å². The minimum Gasteiger partial charge on any atom is -0.480 e. The van der Waals surface area contributed by atoms with Crippen LogP contribution in [0.3, 0.4) is 0 Å². The Balaban J connectivity index is 2.09. The number of aryl methyl sites for hydroxylation is 1. The van der Waals surface area contributed by atoms with Gasteiger partial charge in [-0.2, -0.15) is 0 Å². The molecule has 0 bridgehead atoms. The minimum absolute atomic E-state index is 0.450. The molecule has 1 aromatic rings. The Kier molecular flexibility index (Phi) is 4.25. The van der Waals surface area contributed by atoms with Crippen molar-refractivity contribution in [2.24, 2.45) is 0 Å². The van der Waals surface area contributed by atoms with Crippen LogP contribution in [0, 0.1) is 6.92 Å². The van der Waals surface area contributed by atoms with Gasteiger partial charge in [0.2, 0.25) is 0 Å². The molecule has 0 aromatic heterocycles. The quantitative estimate of drug-likeness (QED) is 0.770. The molecule has 1 aliphatic carbocycles. The molecule has 0 radical (unpaired) electrons. The zero-order chi connectivity index (χ0) is 14.9. The van der Waals surface area contributed by atoms with E-state index in [1.165, 1.54) is 0 Å². The van der Waals surface area contributed by atoms with Gasteiger partial charge in [0.1, 0.15) is 5.54 Å². The molecule has 0 heterocycles. The highest BCUT2D eigenvalue weighted by Gasteiger charge is 2.45. The van der Waals surface area contributed by atoms with Crippen LogP contribution in [-0.2, 0) is 4.79 Å². The first kappa shape index (κ1) is 15.1. The number of anilines is 1. The molecule has 0 spiro atoms. The van der Waals surface area contributed by atoms with E-state index < -0.39 is 17.5 Å². The van der Waals surface area contributed by atoms with Crippen molar-refractivity contribution in [3.05, 3.63) is 27.2 Å². The molecule has 1 aliphatic rings. The fraction of sp³-hybridized carbons (Fsp3) is 0.385. The molecule has 0 aliphatic heterocycles. The summed E-state index contributed by atoms with van der Waals surface area (Å²) in [6.07, 6.45) is 1.70. The van der Waals surface area contributed by atoms with Crippen molar-refractivity contribution in [2.45, 2.75) is 31.7 Å². The predicted molar refractivity (Wildman–Crippen MR) is 80.3 cm³/mol. The maximum absolute atomic E-state index is 11.9. The minimum atomic E-state index is -1.13. The lowest BCUT2D eigenvalue weighted by molar-refractivity contribution is -0.148. The number of rotatable bonds is 3. The molecule has 1 fully saturated rings. The topological polar surface area (TPSA) is 78.4 Å². The van der Waals surface area contributed by atoms with Crippen molar-refractivity contribution in [1.29, 1.82) is 0 Å². The maximum Gasteiger partial charge on any atom is 0.329 e. The van der Waals surface area contributed by atoms with Crippen LogP contribution in [0.4, 0.5) is 10.5 Å². The number of carboxylic acids is 1. The van der Waals surface area contributed by atoms with E-state index in [4.69, 9.17) is 16.7 Å². The van der Waals surface area contributed by atoms with Gasteiger partial charge < -0.3 is 15.7 Å². The standard InChI is InChI=1S/C13H14BrClN2O3/c1-7-5-8(14)10(6-9(7)15)16-12(20)17-13(11(18)19)3-2-4-13/h5-6H,2-4H2,1H3,(H,18,19)(H2,16,17,20). The number of aliphatic carboxylic acids is 1. The van der Waals surface area contributed by atoms with Crippen molar-refractivity contribution < 1.29 is 14.7 Å². The number of benzene rings is 1. The molecule has 0 saturated heterocycles. The summed E-state index contributed by atoms with van der Waals surface area (Å²) in [6, 6.07) is 2.86. The third kappa shape index (κ3) is 2.91. The summed E-state index contributed by atoms with van der Waals surface area (Å²) in [6.45, 7) is 1.85. The Hall–Kier alpha value is -1.27. The van der Waals surface area contributed by atoms with Crippen LogP contribution in [0.1, 0.15) is 24.8 Å². The molecular formula is C13H14BrClN2O3. The molecule has 2 amide bonds. The number of halogens is 2. The number of amides is 2. The van der Waals surface area contributed by atoms with Crippen LogP contribution >= 0.6 is 27.5 Å². The average Bonchev–Trinajstić information content (AvgIpc) is 2.30. The maximum atomic E-state index is 11.9. The Bertz CT molecular complexity index is 573. The monoisotopic (exact) mass is 360 g/mol. The SMILES string of the molecule is Cc1cc(Br)c(NC(=O)NC2(C(=O)O)CCC2)cc1Cl. The molecule has 0 atom stereocenters. The van der Waals surface area contributed by atoms with Gasteiger partial charge >= 0.3 is 12.0 Å². The van der Waals surface area contributed by atoms with Crippen molar-refractivity contribution in [1.82, 2.24) is 5.32 Å². The Labute approximate surface area is 129 Å². The lowest BCUT2D eigenvalue weighted by Crippen LogP contribution is -2.60. The second-order valence-electron chi connectivity index (χ2n) is 4.90. The van der Waals surface area contributed by atoms with E-state index in [1.807, 2.05) is 6.92 Å². The van der Waals surface area contributed by atoms with Gasteiger partial charge in [0.25, 0.3) is 0 Å². The van der Waals surface area contributed by atoms with Crippen molar-refractivity contribution in [3.8, 4) is 0 Å². The van der Waals surface area contributed by atoms with E-state index in [2.05, 4.69) is 26.6 Å². The molecule has 108 valence electrons. The number of carbonyl (C=O) groups excluding carboxylic acids is 1. The van der Waals surface area contributed by atoms with E-state index in [-0.39, 0.29) is 0 Å². The van der Waals surface area contributed by atoms with Crippen LogP contribution in [-0.4, -0.2) is 22.6 Å². The van der Waals surface area contributed by atoms with Gasteiger partial charge in [-0.3, -0.25) is 0 Å². The summed E-state index contributed by atoms with van der Waals surface area (Å²) in [4.78, 5) is 23.1. The largest absolute Gasteiger partial charge is 0.480 e. The first-order valence-electron chi connectivity index (χ1n) is 6.12. The van der Waals surface area contributed by atoms with Gasteiger partial charge in [-0.25, -0.2) is 9.59 Å². The summed E-state index contributed by atoms with van der Waals surface area (Å²) >= 11 is 9.34. The summed E-state index contributed by atoms with van der Waals surface area (Å²) in [7, 11) is 0. The van der Waals surface area contributed by atoms with Gasteiger partial charge in [-0.1, -0.05) is 11.6 Å². The Morgan fingerprint density at radius 2 is 2.05 bits per heavy atom. The number of nitrogens with one attached hydrogen (secondary N) is 2. The van der Waals surface area contributed by atoms with Gasteiger partial charge in [0.05, 0.1) is 5.69 Å². The van der Waals surface area contributed by atoms with E-state index in [9.17, 15) is 9.59 Å². The van der Waals surface area contributed by atoms with E-state index in [0.717, 1.165) is 12.0 Å². The molecular weight excluding hydrogens is 348 g/mol. The van der Waals surface area contributed by atoms with Gasteiger partial charge in [-0.05, 0) is 59.8 Å². The summed E-state index contributed by atoms with van der Waals surface area (Å²) in [5, 5.41) is 14.8. The summed E-state index contributed by atoms with van der Waals surface area (Å²) < 4.78 is 0.688. The molecule has 20 heavy (non-hydrogen) atoms. The van der Waals surface area contributed by atoms with Crippen molar-refractivity contribution in [3.63, 3.8) is 0 Å². The van der Waals surface area contributed by atoms with Crippen molar-refractivity contribution >= 4 is 45.2 Å². The zero-order valence-electron chi connectivity index (χ0n) is 10.8. The lowest BCUT2D eigenvalue weighted by Gasteiger charge is -2.38. The molecule has 0 unspecified atom stereocenters. The summed E-state index contributed by atoms with van der Waals surface area (Å²) in [5.41, 5.74) is 0.244. The number of hydrogen-bond acceptors (Lipinski definition) is 2. The third-order valence-corrected chi connectivity index (χ3v) is 4.53. The normalized spacial score (nSPS) is 16.1. The highest BCUT2D eigenvalue weighted by Crippen LogP contribution is 2.33. The van der Waals surface area contributed by atoms with Crippen LogP contribution in [0.25, 0.3) is 0 Å². The molecule has 3 N–H and O–H groups in total. The summed E-state index contributed by atoms with van der Waals surface area (Å²) in [5.74, 6) is -1.00. The van der Waals surface area contributed by atoms with Gasteiger partial charge in [-0.15, -0.1) is 0 Å². The Morgan fingerprint density at radius 1 is 1.40 bits per heavy atom. The fourth-order valence-corrected chi connectivity index (χ4v) is 2.76. The molecule has 1 aromatic carbocycles. The fourth-order valence-electron chi connectivity index (χ4n) is 2.04. The highest BCUT2D eigenvalue weighted by atomic mass is 79.9. The third-order valence-electron chi connectivity index (χ3n) is 3.47. The molecule has 1 saturated carbocycles. The number of carboxylic acid groups (broad SMARTS) is 1. The lowest BCUT2D eigenvalue weighted by atomic mass is 9.77. The first-order chi connectivity index (χ1) is 9.34. The van der Waals surface area contributed by atoms with E-state index in [0.29, 0.717) is 28.0 Å². The number of carbonyl (C=O) groups is 2. The van der Waals surface area contributed by atoms with Crippen LogP contribution in [0.2, 0.25) is 5.02 Å². The molecule has 5 nitrogen and oxygen atoms in total. The smallest absolute Gasteiger partial charge is 0.329 e. The van der Waals surface area contributed by atoms with E-state index >= 15 is 0 Å². The van der Waals surface area contributed by atoms with Crippen molar-refractivity contribution in [2.75, 3.05) is 5.32 Å². The van der Waals surface area contributed by atoms with Crippen LogP contribution < -0.4 is 10.6 Å². The predicted octanol–water partition coefficient (Wildman–Crippen LogP) is 3.54. The average molecular weight is 362 g/mol. The number of hydrogen-bond donors (Lipinski definition) is 3. The Morgan fingerprint density at radius 3 is 2.55 bits per heavy atom.